The fraction of sp³-hybridized carbons (Fsp3) is 0.571. The molecule has 3 unspecified atom stereocenters. The molecule has 1 N–H and O–H groups in total. The van der Waals surface area contributed by atoms with E-state index in [0.29, 0.717) is 17.8 Å². The lowest BCUT2D eigenvalue weighted by Gasteiger charge is -2.30. The maximum Gasteiger partial charge on any atom is 0.321 e. The number of urea groups is 1. The Morgan fingerprint density at radius 3 is 2.46 bits per heavy atom. The zero-order valence-electron chi connectivity index (χ0n) is 15.4. The molecular formula is C21H30N2O. The molecule has 3 heteroatoms. The number of carbonyl (C=O) groups is 1. The molecule has 3 nitrogen and oxygen atoms in total. The van der Waals surface area contributed by atoms with Crippen molar-refractivity contribution in [1.82, 2.24) is 4.90 Å². The summed E-state index contributed by atoms with van der Waals surface area (Å²) in [6.45, 7) is 10.2. The van der Waals surface area contributed by atoms with Crippen molar-refractivity contribution in [3.8, 4) is 0 Å². The van der Waals surface area contributed by atoms with Crippen LogP contribution in [0.4, 0.5) is 10.5 Å². The molecular weight excluding hydrogens is 296 g/mol. The molecule has 0 aliphatic heterocycles. The molecule has 24 heavy (non-hydrogen) atoms. The van der Waals surface area contributed by atoms with Crippen molar-refractivity contribution in [2.75, 3.05) is 18.4 Å². The topological polar surface area (TPSA) is 32.3 Å². The molecule has 2 amide bonds. The Morgan fingerprint density at radius 2 is 1.92 bits per heavy atom. The van der Waals surface area contributed by atoms with Crippen LogP contribution in [0.25, 0.3) is 0 Å². The Balaban J connectivity index is 1.70. The van der Waals surface area contributed by atoms with E-state index in [1.54, 1.807) is 0 Å². The van der Waals surface area contributed by atoms with Crippen molar-refractivity contribution in [3.63, 3.8) is 0 Å². The minimum atomic E-state index is 0.0489. The van der Waals surface area contributed by atoms with Crippen LogP contribution in [0, 0.1) is 37.5 Å². The monoisotopic (exact) mass is 326 g/mol. The highest BCUT2D eigenvalue weighted by Crippen LogP contribution is 2.43. The number of amides is 2. The molecule has 3 atom stereocenters. The first-order chi connectivity index (χ1) is 11.4. The Kier molecular flexibility index (Phi) is 4.98. The van der Waals surface area contributed by atoms with Crippen molar-refractivity contribution in [3.05, 3.63) is 41.5 Å². The van der Waals surface area contributed by atoms with Gasteiger partial charge < -0.3 is 10.2 Å². The molecule has 2 aliphatic rings. The lowest BCUT2D eigenvalue weighted by molar-refractivity contribution is 0.187. The van der Waals surface area contributed by atoms with Crippen LogP contribution in [-0.4, -0.2) is 24.0 Å². The average Bonchev–Trinajstić information content (AvgIpc) is 3.12. The number of aryl methyl sites for hydroxylation is 2. The van der Waals surface area contributed by atoms with E-state index < -0.39 is 0 Å². The van der Waals surface area contributed by atoms with Crippen LogP contribution in [0.2, 0.25) is 0 Å². The molecule has 1 fully saturated rings. The van der Waals surface area contributed by atoms with Gasteiger partial charge in [-0.15, -0.1) is 0 Å². The van der Waals surface area contributed by atoms with Crippen molar-refractivity contribution >= 4 is 11.7 Å². The highest BCUT2D eigenvalue weighted by Gasteiger charge is 2.37. The van der Waals surface area contributed by atoms with E-state index in [4.69, 9.17) is 0 Å². The predicted molar refractivity (Wildman–Crippen MR) is 100 cm³/mol. The van der Waals surface area contributed by atoms with Crippen molar-refractivity contribution in [2.24, 2.45) is 23.7 Å². The first kappa shape index (κ1) is 17.1. The summed E-state index contributed by atoms with van der Waals surface area (Å²) in [5, 5.41) is 3.17. The number of rotatable bonds is 5. The molecule has 2 bridgehead atoms. The van der Waals surface area contributed by atoms with Gasteiger partial charge in [0, 0.05) is 18.8 Å². The lowest BCUT2D eigenvalue weighted by Crippen LogP contribution is -2.41. The van der Waals surface area contributed by atoms with E-state index in [1.807, 2.05) is 11.0 Å². The molecule has 0 radical (unpaired) electrons. The fourth-order valence-corrected chi connectivity index (χ4v) is 4.27. The summed E-state index contributed by atoms with van der Waals surface area (Å²) in [6, 6.07) is 6.19. The number of hydrogen-bond donors (Lipinski definition) is 1. The maximum absolute atomic E-state index is 12.9. The van der Waals surface area contributed by atoms with Gasteiger partial charge in [-0.25, -0.2) is 4.79 Å². The van der Waals surface area contributed by atoms with Crippen LogP contribution in [0.5, 0.6) is 0 Å². The van der Waals surface area contributed by atoms with Gasteiger partial charge in [-0.1, -0.05) is 44.2 Å². The highest BCUT2D eigenvalue weighted by molar-refractivity contribution is 5.91. The van der Waals surface area contributed by atoms with Crippen LogP contribution in [0.15, 0.2) is 30.4 Å². The Labute approximate surface area is 146 Å². The number of hydrogen-bond acceptors (Lipinski definition) is 1. The van der Waals surface area contributed by atoms with E-state index in [2.05, 4.69) is 57.3 Å². The van der Waals surface area contributed by atoms with Crippen LogP contribution in [-0.2, 0) is 0 Å². The third kappa shape index (κ3) is 3.66. The van der Waals surface area contributed by atoms with Gasteiger partial charge in [-0.3, -0.25) is 0 Å². The van der Waals surface area contributed by atoms with Gasteiger partial charge in [0.25, 0.3) is 0 Å². The second-order valence-corrected chi connectivity index (χ2v) is 8.04. The van der Waals surface area contributed by atoms with Gasteiger partial charge in [0.2, 0.25) is 0 Å². The number of carbonyl (C=O) groups excluding carboxylic acids is 1. The first-order valence-corrected chi connectivity index (χ1v) is 9.24. The minimum absolute atomic E-state index is 0.0489. The first-order valence-electron chi connectivity index (χ1n) is 9.24. The Morgan fingerprint density at radius 1 is 1.21 bits per heavy atom. The van der Waals surface area contributed by atoms with Gasteiger partial charge in [-0.2, -0.15) is 0 Å². The summed E-state index contributed by atoms with van der Waals surface area (Å²) in [4.78, 5) is 15.0. The van der Waals surface area contributed by atoms with Crippen LogP contribution in [0.3, 0.4) is 0 Å². The minimum Gasteiger partial charge on any atom is -0.324 e. The quantitative estimate of drug-likeness (QED) is 0.758. The SMILES string of the molecule is Cc1cccc(C)c1NC(=O)N(CC(C)C)CC1CC2C=CC1C2. The summed E-state index contributed by atoms with van der Waals surface area (Å²) in [5.74, 6) is 2.53. The summed E-state index contributed by atoms with van der Waals surface area (Å²) < 4.78 is 0. The smallest absolute Gasteiger partial charge is 0.321 e. The predicted octanol–water partition coefficient (Wildman–Crippen LogP) is 5.01. The number of benzene rings is 1. The van der Waals surface area contributed by atoms with Gasteiger partial charge >= 0.3 is 6.03 Å². The molecule has 0 aromatic heterocycles. The molecule has 130 valence electrons. The van der Waals surface area contributed by atoms with Crippen molar-refractivity contribution < 1.29 is 4.79 Å². The molecule has 1 aromatic rings. The largest absolute Gasteiger partial charge is 0.324 e. The summed E-state index contributed by atoms with van der Waals surface area (Å²) in [7, 11) is 0. The normalized spacial score (nSPS) is 24.6. The Bertz CT molecular complexity index is 614. The third-order valence-corrected chi connectivity index (χ3v) is 5.46. The van der Waals surface area contributed by atoms with Crippen LogP contribution >= 0.6 is 0 Å². The van der Waals surface area contributed by atoms with E-state index >= 15 is 0 Å². The number of fused-ring (bicyclic) bond motifs is 2. The second kappa shape index (κ2) is 7.00. The summed E-state index contributed by atoms with van der Waals surface area (Å²) in [5.41, 5.74) is 3.20. The number of nitrogens with one attached hydrogen (secondary N) is 1. The third-order valence-electron chi connectivity index (χ3n) is 5.46. The zero-order chi connectivity index (χ0) is 17.3. The molecule has 2 aliphatic carbocycles. The molecule has 1 aromatic carbocycles. The van der Waals surface area contributed by atoms with E-state index in [-0.39, 0.29) is 6.03 Å². The van der Waals surface area contributed by atoms with Gasteiger partial charge in [0.15, 0.2) is 0 Å². The summed E-state index contributed by atoms with van der Waals surface area (Å²) in [6.07, 6.45) is 7.27. The van der Waals surface area contributed by atoms with Crippen LogP contribution < -0.4 is 5.32 Å². The number of anilines is 1. The standard InChI is InChI=1S/C21H30N2O/c1-14(2)12-23(13-19-11-17-8-9-18(19)10-17)21(24)22-20-15(3)6-5-7-16(20)4/h5-9,14,17-19H,10-13H2,1-4H3,(H,22,24). The number of para-hydroxylation sites is 1. The van der Waals surface area contributed by atoms with E-state index in [0.717, 1.165) is 35.8 Å². The molecule has 3 rings (SSSR count). The molecule has 1 saturated carbocycles. The highest BCUT2D eigenvalue weighted by atomic mass is 16.2. The second-order valence-electron chi connectivity index (χ2n) is 8.04. The lowest BCUT2D eigenvalue weighted by atomic mass is 9.93. The number of allylic oxidation sites excluding steroid dienone is 2. The maximum atomic E-state index is 12.9. The molecule has 0 spiro atoms. The van der Waals surface area contributed by atoms with Gasteiger partial charge in [0.1, 0.15) is 0 Å². The van der Waals surface area contributed by atoms with Gasteiger partial charge in [-0.05, 0) is 61.5 Å². The Hall–Kier alpha value is -1.77. The fourth-order valence-electron chi connectivity index (χ4n) is 4.27. The zero-order valence-corrected chi connectivity index (χ0v) is 15.4. The average molecular weight is 326 g/mol. The molecule has 0 heterocycles. The number of nitrogens with zero attached hydrogens (tertiary/aromatic N) is 1. The molecule has 0 saturated heterocycles. The van der Waals surface area contributed by atoms with Crippen LogP contribution in [0.1, 0.15) is 37.8 Å². The summed E-state index contributed by atoms with van der Waals surface area (Å²) >= 11 is 0. The van der Waals surface area contributed by atoms with Crippen molar-refractivity contribution in [1.29, 1.82) is 0 Å². The van der Waals surface area contributed by atoms with Crippen molar-refractivity contribution in [2.45, 2.75) is 40.5 Å². The van der Waals surface area contributed by atoms with Gasteiger partial charge in [0.05, 0.1) is 0 Å². The van der Waals surface area contributed by atoms with E-state index in [1.165, 1.54) is 12.8 Å². The van der Waals surface area contributed by atoms with E-state index in [9.17, 15) is 4.79 Å².